The van der Waals surface area contributed by atoms with Gasteiger partial charge in [-0.05, 0) is 20.3 Å². The van der Waals surface area contributed by atoms with Crippen LogP contribution in [0.4, 0.5) is 0 Å². The van der Waals surface area contributed by atoms with E-state index < -0.39 is 0 Å². The predicted octanol–water partition coefficient (Wildman–Crippen LogP) is 3.50. The van der Waals surface area contributed by atoms with Crippen molar-refractivity contribution < 1.29 is 9.47 Å². The minimum atomic E-state index is -0.286. The Kier molecular flexibility index (Phi) is 4.90. The molecule has 1 fully saturated rings. The molecule has 0 amide bonds. The van der Waals surface area contributed by atoms with Crippen molar-refractivity contribution in [3.8, 4) is 0 Å². The first-order valence-corrected chi connectivity index (χ1v) is 5.98. The second-order valence-corrected chi connectivity index (χ2v) is 4.54. The van der Waals surface area contributed by atoms with Crippen molar-refractivity contribution in [2.75, 3.05) is 6.61 Å². The van der Waals surface area contributed by atoms with Gasteiger partial charge in [-0.25, -0.2) is 0 Å². The fourth-order valence-corrected chi connectivity index (χ4v) is 1.97. The second-order valence-electron chi connectivity index (χ2n) is 4.54. The van der Waals surface area contributed by atoms with E-state index in [0.29, 0.717) is 0 Å². The first-order valence-electron chi connectivity index (χ1n) is 5.98. The molecule has 0 radical (unpaired) electrons. The molecule has 0 N–H and O–H groups in total. The Bertz CT molecular complexity index is 158. The molecule has 14 heavy (non-hydrogen) atoms. The molecule has 0 aromatic heterocycles. The highest BCUT2D eigenvalue weighted by Crippen LogP contribution is 2.28. The number of rotatable bonds is 6. The van der Waals surface area contributed by atoms with Crippen molar-refractivity contribution in [1.29, 1.82) is 0 Å². The molecule has 0 unspecified atom stereocenters. The largest absolute Gasteiger partial charge is 0.348 e. The molecular weight excluding hydrogens is 176 g/mol. The molecule has 2 atom stereocenters. The van der Waals surface area contributed by atoms with Crippen LogP contribution in [-0.4, -0.2) is 18.5 Å². The van der Waals surface area contributed by atoms with Crippen LogP contribution in [0.2, 0.25) is 0 Å². The maximum Gasteiger partial charge on any atom is 0.166 e. The van der Waals surface area contributed by atoms with Crippen LogP contribution in [-0.2, 0) is 9.47 Å². The molecule has 0 aromatic carbocycles. The average Bonchev–Trinajstić information content (AvgIpc) is 2.47. The molecule has 2 nitrogen and oxygen atoms in total. The van der Waals surface area contributed by atoms with Crippen molar-refractivity contribution in [1.82, 2.24) is 0 Å². The molecule has 84 valence electrons. The average molecular weight is 200 g/mol. The molecule has 1 aliphatic heterocycles. The third-order valence-electron chi connectivity index (χ3n) is 2.81. The molecule has 0 saturated carbocycles. The Balaban J connectivity index is 2.05. The SMILES string of the molecule is CCCCCCC[C@]1(C)OC[C@H](C)O1. The van der Waals surface area contributed by atoms with E-state index in [-0.39, 0.29) is 11.9 Å². The Morgan fingerprint density at radius 3 is 2.50 bits per heavy atom. The summed E-state index contributed by atoms with van der Waals surface area (Å²) < 4.78 is 11.4. The fourth-order valence-electron chi connectivity index (χ4n) is 1.97. The summed E-state index contributed by atoms with van der Waals surface area (Å²) in [5.74, 6) is -0.286. The van der Waals surface area contributed by atoms with Gasteiger partial charge in [-0.2, -0.15) is 0 Å². The lowest BCUT2D eigenvalue weighted by Gasteiger charge is -2.22. The summed E-state index contributed by atoms with van der Waals surface area (Å²) in [6.45, 7) is 7.14. The van der Waals surface area contributed by atoms with Crippen LogP contribution >= 0.6 is 0 Å². The van der Waals surface area contributed by atoms with Gasteiger partial charge in [-0.3, -0.25) is 0 Å². The first-order chi connectivity index (χ1) is 6.66. The van der Waals surface area contributed by atoms with Crippen molar-refractivity contribution in [2.24, 2.45) is 0 Å². The Labute approximate surface area is 88.0 Å². The molecule has 0 spiro atoms. The summed E-state index contributed by atoms with van der Waals surface area (Å²) in [6.07, 6.45) is 7.86. The highest BCUT2D eigenvalue weighted by molar-refractivity contribution is 4.72. The molecule has 1 heterocycles. The molecule has 0 bridgehead atoms. The second kappa shape index (κ2) is 5.72. The smallest absolute Gasteiger partial charge is 0.166 e. The highest BCUT2D eigenvalue weighted by atomic mass is 16.7. The van der Waals surface area contributed by atoms with E-state index in [1.807, 2.05) is 0 Å². The van der Waals surface area contributed by atoms with Crippen molar-refractivity contribution >= 4 is 0 Å². The third kappa shape index (κ3) is 3.97. The predicted molar refractivity (Wildman–Crippen MR) is 58.3 cm³/mol. The standard InChI is InChI=1S/C12H24O2/c1-4-5-6-7-8-9-12(3)13-10-11(2)14-12/h11H,4-10H2,1-3H3/t11-,12+/m0/s1. The molecule has 1 saturated heterocycles. The molecule has 0 aromatic rings. The zero-order chi connectivity index (χ0) is 10.4. The van der Waals surface area contributed by atoms with Gasteiger partial charge in [0.2, 0.25) is 0 Å². The summed E-state index contributed by atoms with van der Waals surface area (Å²) in [7, 11) is 0. The lowest BCUT2D eigenvalue weighted by molar-refractivity contribution is -0.157. The van der Waals surface area contributed by atoms with Gasteiger partial charge in [-0.1, -0.05) is 32.6 Å². The summed E-state index contributed by atoms with van der Waals surface area (Å²) >= 11 is 0. The van der Waals surface area contributed by atoms with Crippen LogP contribution in [0.1, 0.15) is 59.3 Å². The maximum atomic E-state index is 5.73. The lowest BCUT2D eigenvalue weighted by Crippen LogP contribution is -2.25. The summed E-state index contributed by atoms with van der Waals surface area (Å²) in [4.78, 5) is 0. The zero-order valence-corrected chi connectivity index (χ0v) is 9.84. The topological polar surface area (TPSA) is 18.5 Å². The third-order valence-corrected chi connectivity index (χ3v) is 2.81. The first kappa shape index (κ1) is 12.0. The van der Waals surface area contributed by atoms with Crippen LogP contribution in [0.3, 0.4) is 0 Å². The maximum absolute atomic E-state index is 5.73. The molecular formula is C12H24O2. The number of ether oxygens (including phenoxy) is 2. The van der Waals surface area contributed by atoms with E-state index in [4.69, 9.17) is 9.47 Å². The number of hydrogen-bond acceptors (Lipinski definition) is 2. The van der Waals surface area contributed by atoms with Gasteiger partial charge in [0.1, 0.15) is 0 Å². The van der Waals surface area contributed by atoms with Crippen LogP contribution in [0.5, 0.6) is 0 Å². The number of unbranched alkanes of at least 4 members (excludes halogenated alkanes) is 4. The van der Waals surface area contributed by atoms with E-state index in [1.54, 1.807) is 0 Å². The van der Waals surface area contributed by atoms with Gasteiger partial charge in [-0.15, -0.1) is 0 Å². The van der Waals surface area contributed by atoms with E-state index >= 15 is 0 Å². The van der Waals surface area contributed by atoms with E-state index in [0.717, 1.165) is 13.0 Å². The van der Waals surface area contributed by atoms with Crippen LogP contribution in [0.15, 0.2) is 0 Å². The van der Waals surface area contributed by atoms with Crippen LogP contribution < -0.4 is 0 Å². The highest BCUT2D eigenvalue weighted by Gasteiger charge is 2.34. The van der Waals surface area contributed by atoms with Crippen LogP contribution in [0.25, 0.3) is 0 Å². The molecule has 1 rings (SSSR count). The number of hydrogen-bond donors (Lipinski definition) is 0. The lowest BCUT2D eigenvalue weighted by atomic mass is 10.1. The Morgan fingerprint density at radius 2 is 1.93 bits per heavy atom. The molecule has 2 heteroatoms. The quantitative estimate of drug-likeness (QED) is 0.611. The van der Waals surface area contributed by atoms with Crippen molar-refractivity contribution in [2.45, 2.75) is 71.2 Å². The van der Waals surface area contributed by atoms with Crippen molar-refractivity contribution in [3.05, 3.63) is 0 Å². The van der Waals surface area contributed by atoms with Gasteiger partial charge in [0.25, 0.3) is 0 Å². The summed E-state index contributed by atoms with van der Waals surface area (Å²) in [5.41, 5.74) is 0. The van der Waals surface area contributed by atoms with Crippen LogP contribution in [0, 0.1) is 0 Å². The van der Waals surface area contributed by atoms with Gasteiger partial charge in [0, 0.05) is 6.42 Å². The van der Waals surface area contributed by atoms with E-state index in [9.17, 15) is 0 Å². The van der Waals surface area contributed by atoms with E-state index in [1.165, 1.54) is 32.1 Å². The van der Waals surface area contributed by atoms with Crippen molar-refractivity contribution in [3.63, 3.8) is 0 Å². The zero-order valence-electron chi connectivity index (χ0n) is 9.84. The van der Waals surface area contributed by atoms with E-state index in [2.05, 4.69) is 20.8 Å². The Hall–Kier alpha value is -0.0800. The monoisotopic (exact) mass is 200 g/mol. The van der Waals surface area contributed by atoms with Gasteiger partial charge in [0.15, 0.2) is 5.79 Å². The molecule has 1 aliphatic rings. The Morgan fingerprint density at radius 1 is 1.21 bits per heavy atom. The minimum Gasteiger partial charge on any atom is -0.348 e. The summed E-state index contributed by atoms with van der Waals surface area (Å²) in [5, 5.41) is 0. The fraction of sp³-hybridized carbons (Fsp3) is 1.00. The minimum absolute atomic E-state index is 0.274. The molecule has 0 aliphatic carbocycles. The normalized spacial score (nSPS) is 32.4. The van der Waals surface area contributed by atoms with Gasteiger partial charge >= 0.3 is 0 Å². The van der Waals surface area contributed by atoms with Gasteiger partial charge in [0.05, 0.1) is 12.7 Å². The summed E-state index contributed by atoms with van der Waals surface area (Å²) in [6, 6.07) is 0. The van der Waals surface area contributed by atoms with Gasteiger partial charge < -0.3 is 9.47 Å².